The molecular formula is C26H22ClN3O4. The average Bonchev–Trinajstić information content (AvgIpc) is 2.83. The molecule has 0 aliphatic carbocycles. The molecule has 4 rings (SSSR count). The van der Waals surface area contributed by atoms with E-state index in [2.05, 4.69) is 10.1 Å². The van der Waals surface area contributed by atoms with Crippen molar-refractivity contribution in [2.75, 3.05) is 6.61 Å². The van der Waals surface area contributed by atoms with Gasteiger partial charge in [0.2, 0.25) is 0 Å². The molecular weight excluding hydrogens is 454 g/mol. The first-order valence-electron chi connectivity index (χ1n) is 10.7. The number of para-hydroxylation sites is 1. The number of hydrogen-bond acceptors (Lipinski definition) is 6. The first-order chi connectivity index (χ1) is 16.4. The van der Waals surface area contributed by atoms with E-state index in [9.17, 15) is 9.59 Å². The molecule has 0 unspecified atom stereocenters. The zero-order valence-electron chi connectivity index (χ0n) is 18.6. The van der Waals surface area contributed by atoms with Gasteiger partial charge in [-0.15, -0.1) is 0 Å². The van der Waals surface area contributed by atoms with Crippen molar-refractivity contribution < 1.29 is 14.3 Å². The molecule has 1 heterocycles. The lowest BCUT2D eigenvalue weighted by atomic mass is 10.2. The SMILES string of the molecule is CC(C)OC(=O)COc1ccc(Cl)cc1C=Nn1c(-c2ccccc2)nc2ccccc2c1=O. The van der Waals surface area contributed by atoms with Crippen LogP contribution in [0.5, 0.6) is 5.75 Å². The van der Waals surface area contributed by atoms with E-state index < -0.39 is 5.97 Å². The van der Waals surface area contributed by atoms with E-state index in [4.69, 9.17) is 21.1 Å². The Balaban J connectivity index is 1.76. The summed E-state index contributed by atoms with van der Waals surface area (Å²) in [5.41, 5.74) is 1.49. The summed E-state index contributed by atoms with van der Waals surface area (Å²) in [4.78, 5) is 29.9. The van der Waals surface area contributed by atoms with Crippen LogP contribution in [0.15, 0.2) is 82.7 Å². The van der Waals surface area contributed by atoms with Gasteiger partial charge in [0.25, 0.3) is 5.56 Å². The summed E-state index contributed by atoms with van der Waals surface area (Å²) in [7, 11) is 0. The number of aromatic nitrogens is 2. The maximum atomic E-state index is 13.3. The van der Waals surface area contributed by atoms with Gasteiger partial charge < -0.3 is 9.47 Å². The lowest BCUT2D eigenvalue weighted by Crippen LogP contribution is -2.20. The van der Waals surface area contributed by atoms with Gasteiger partial charge in [-0.3, -0.25) is 4.79 Å². The predicted molar refractivity (Wildman–Crippen MR) is 133 cm³/mol. The smallest absolute Gasteiger partial charge is 0.344 e. The fraction of sp³-hybridized carbons (Fsp3) is 0.154. The fourth-order valence-electron chi connectivity index (χ4n) is 3.31. The molecule has 172 valence electrons. The van der Waals surface area contributed by atoms with Gasteiger partial charge in [-0.1, -0.05) is 54.1 Å². The Kier molecular flexibility index (Phi) is 7.04. The third-order valence-electron chi connectivity index (χ3n) is 4.78. The van der Waals surface area contributed by atoms with E-state index in [1.807, 2.05) is 36.4 Å². The molecule has 8 heteroatoms. The summed E-state index contributed by atoms with van der Waals surface area (Å²) in [6, 6.07) is 21.3. The van der Waals surface area contributed by atoms with Crippen molar-refractivity contribution in [3.8, 4) is 17.1 Å². The highest BCUT2D eigenvalue weighted by Crippen LogP contribution is 2.23. The highest BCUT2D eigenvalue weighted by atomic mass is 35.5. The van der Waals surface area contributed by atoms with Crippen LogP contribution in [0.3, 0.4) is 0 Å². The number of esters is 1. The normalized spacial score (nSPS) is 11.3. The van der Waals surface area contributed by atoms with Gasteiger partial charge in [0, 0.05) is 16.1 Å². The zero-order valence-corrected chi connectivity index (χ0v) is 19.4. The van der Waals surface area contributed by atoms with Gasteiger partial charge >= 0.3 is 5.97 Å². The average molecular weight is 476 g/mol. The molecule has 0 amide bonds. The lowest BCUT2D eigenvalue weighted by Gasteiger charge is -2.12. The van der Waals surface area contributed by atoms with Crippen molar-refractivity contribution in [1.82, 2.24) is 9.66 Å². The van der Waals surface area contributed by atoms with Crippen LogP contribution >= 0.6 is 11.6 Å². The first-order valence-corrected chi connectivity index (χ1v) is 11.0. The highest BCUT2D eigenvalue weighted by molar-refractivity contribution is 6.30. The maximum Gasteiger partial charge on any atom is 0.344 e. The van der Waals surface area contributed by atoms with Crippen LogP contribution < -0.4 is 10.3 Å². The number of fused-ring (bicyclic) bond motifs is 1. The van der Waals surface area contributed by atoms with Crippen LogP contribution in [0.4, 0.5) is 0 Å². The molecule has 3 aromatic carbocycles. The van der Waals surface area contributed by atoms with Crippen molar-refractivity contribution in [2.24, 2.45) is 5.10 Å². The number of rotatable bonds is 7. The molecule has 0 radical (unpaired) electrons. The Morgan fingerprint density at radius 3 is 2.59 bits per heavy atom. The van der Waals surface area contributed by atoms with Crippen LogP contribution in [-0.4, -0.2) is 34.6 Å². The monoisotopic (exact) mass is 475 g/mol. The summed E-state index contributed by atoms with van der Waals surface area (Å²) in [6.45, 7) is 3.25. The molecule has 7 nitrogen and oxygen atoms in total. The van der Waals surface area contributed by atoms with Gasteiger partial charge in [0.1, 0.15) is 5.75 Å². The molecule has 0 aliphatic rings. The Labute approximate surface area is 201 Å². The Bertz CT molecular complexity index is 1410. The van der Waals surface area contributed by atoms with E-state index in [-0.39, 0.29) is 18.3 Å². The summed E-state index contributed by atoms with van der Waals surface area (Å²) in [5.74, 6) is 0.275. The van der Waals surface area contributed by atoms with Gasteiger partial charge in [0.15, 0.2) is 12.4 Å². The number of carbonyl (C=O) groups is 1. The molecule has 34 heavy (non-hydrogen) atoms. The lowest BCUT2D eigenvalue weighted by molar-refractivity contribution is -0.149. The standard InChI is InChI=1S/C26H22ClN3O4/c1-17(2)34-24(31)16-33-23-13-12-20(27)14-19(23)15-28-30-25(18-8-4-3-5-9-18)29-22-11-7-6-10-21(22)26(30)32/h3-15,17H,16H2,1-2H3. The van der Waals surface area contributed by atoms with E-state index in [0.717, 1.165) is 5.56 Å². The van der Waals surface area contributed by atoms with Crippen molar-refractivity contribution in [3.63, 3.8) is 0 Å². The van der Waals surface area contributed by atoms with Crippen molar-refractivity contribution in [2.45, 2.75) is 20.0 Å². The number of halogens is 1. The minimum atomic E-state index is -0.492. The Morgan fingerprint density at radius 1 is 1.09 bits per heavy atom. The molecule has 0 saturated heterocycles. The molecule has 0 spiro atoms. The molecule has 0 atom stereocenters. The van der Waals surface area contributed by atoms with E-state index in [0.29, 0.717) is 33.1 Å². The second-order valence-corrected chi connectivity index (χ2v) is 8.13. The van der Waals surface area contributed by atoms with Gasteiger partial charge in [-0.05, 0) is 44.2 Å². The van der Waals surface area contributed by atoms with Crippen LogP contribution in [0.2, 0.25) is 5.02 Å². The van der Waals surface area contributed by atoms with E-state index in [1.165, 1.54) is 10.9 Å². The number of carbonyl (C=O) groups excluding carboxylic acids is 1. The van der Waals surface area contributed by atoms with Crippen molar-refractivity contribution in [3.05, 3.63) is 93.7 Å². The summed E-state index contributed by atoms with van der Waals surface area (Å²) < 4.78 is 12.0. The molecule has 0 fully saturated rings. The quantitative estimate of drug-likeness (QED) is 0.279. The van der Waals surface area contributed by atoms with Gasteiger partial charge in [-0.25, -0.2) is 9.78 Å². The van der Waals surface area contributed by atoms with Crippen molar-refractivity contribution in [1.29, 1.82) is 0 Å². The molecule has 0 bridgehead atoms. The summed E-state index contributed by atoms with van der Waals surface area (Å²) >= 11 is 6.18. The molecule has 0 N–H and O–H groups in total. The molecule has 0 saturated carbocycles. The van der Waals surface area contributed by atoms with E-state index >= 15 is 0 Å². The van der Waals surface area contributed by atoms with Crippen LogP contribution in [0.25, 0.3) is 22.3 Å². The zero-order chi connectivity index (χ0) is 24.1. The number of benzene rings is 3. The van der Waals surface area contributed by atoms with Crippen LogP contribution in [0, 0.1) is 0 Å². The fourth-order valence-corrected chi connectivity index (χ4v) is 3.49. The van der Waals surface area contributed by atoms with E-state index in [1.54, 1.807) is 50.2 Å². The third-order valence-corrected chi connectivity index (χ3v) is 5.02. The topological polar surface area (TPSA) is 82.8 Å². The Morgan fingerprint density at radius 2 is 1.82 bits per heavy atom. The highest BCUT2D eigenvalue weighted by Gasteiger charge is 2.13. The minimum absolute atomic E-state index is 0.244. The molecule has 4 aromatic rings. The second-order valence-electron chi connectivity index (χ2n) is 7.69. The van der Waals surface area contributed by atoms with Gasteiger partial charge in [-0.2, -0.15) is 9.78 Å². The summed E-state index contributed by atoms with van der Waals surface area (Å²) in [6.07, 6.45) is 1.21. The van der Waals surface area contributed by atoms with Crippen LogP contribution in [-0.2, 0) is 9.53 Å². The molecule has 0 aliphatic heterocycles. The number of nitrogens with zero attached hydrogens (tertiary/aromatic N) is 3. The first kappa shape index (κ1) is 23.2. The number of ether oxygens (including phenoxy) is 2. The maximum absolute atomic E-state index is 13.3. The van der Waals surface area contributed by atoms with Gasteiger partial charge in [0.05, 0.1) is 23.2 Å². The summed E-state index contributed by atoms with van der Waals surface area (Å²) in [5, 5.41) is 5.33. The van der Waals surface area contributed by atoms with Crippen molar-refractivity contribution >= 4 is 34.7 Å². The largest absolute Gasteiger partial charge is 0.481 e. The minimum Gasteiger partial charge on any atom is -0.481 e. The second kappa shape index (κ2) is 10.3. The molecule has 1 aromatic heterocycles. The third kappa shape index (κ3) is 5.32. The Hall–Kier alpha value is -3.97. The predicted octanol–water partition coefficient (Wildman–Crippen LogP) is 4.93. The number of hydrogen-bond donors (Lipinski definition) is 0. The van der Waals surface area contributed by atoms with Crippen LogP contribution in [0.1, 0.15) is 19.4 Å².